The first-order chi connectivity index (χ1) is 11.1. The van der Waals surface area contributed by atoms with Crippen molar-refractivity contribution in [1.29, 1.82) is 0 Å². The van der Waals surface area contributed by atoms with Crippen LogP contribution >= 0.6 is 0 Å². The van der Waals surface area contributed by atoms with E-state index in [2.05, 4.69) is 18.0 Å². The summed E-state index contributed by atoms with van der Waals surface area (Å²) >= 11 is 0. The van der Waals surface area contributed by atoms with Gasteiger partial charge in [-0.1, -0.05) is 49.5 Å². The third-order valence-corrected chi connectivity index (χ3v) is 3.65. The number of allylic oxidation sites excluding steroid dienone is 7. The molecule has 0 saturated heterocycles. The topological polar surface area (TPSA) is 46.2 Å². The molecule has 0 aliphatic heterocycles. The van der Waals surface area contributed by atoms with Gasteiger partial charge in [-0.2, -0.15) is 0 Å². The highest BCUT2D eigenvalue weighted by molar-refractivity contribution is 6.00. The maximum absolute atomic E-state index is 12.4. The van der Waals surface area contributed by atoms with Crippen LogP contribution < -0.4 is 5.32 Å². The van der Waals surface area contributed by atoms with Crippen molar-refractivity contribution in [2.24, 2.45) is 0 Å². The lowest BCUT2D eigenvalue weighted by Crippen LogP contribution is -2.24. The first kappa shape index (κ1) is 18.9. The van der Waals surface area contributed by atoms with Gasteiger partial charge in [-0.3, -0.25) is 9.59 Å². The average molecular weight is 313 g/mol. The highest BCUT2D eigenvalue weighted by Crippen LogP contribution is 2.18. The van der Waals surface area contributed by atoms with Crippen LogP contribution in [0.2, 0.25) is 0 Å². The van der Waals surface area contributed by atoms with Gasteiger partial charge in [0.05, 0.1) is 0 Å². The molecule has 1 aliphatic rings. The minimum atomic E-state index is -0.192. The predicted octanol–water partition coefficient (Wildman–Crippen LogP) is 4.20. The van der Waals surface area contributed by atoms with Gasteiger partial charge in [-0.15, -0.1) is 0 Å². The molecule has 0 unspecified atom stereocenters. The Balaban J connectivity index is 2.62. The average Bonchev–Trinajstić information content (AvgIpc) is 2.81. The second kappa shape index (κ2) is 10.5. The minimum Gasteiger partial charge on any atom is -0.352 e. The van der Waals surface area contributed by atoms with Crippen molar-refractivity contribution in [3.63, 3.8) is 0 Å². The zero-order chi connectivity index (χ0) is 17.1. The maximum Gasteiger partial charge on any atom is 0.250 e. The van der Waals surface area contributed by atoms with E-state index in [1.807, 2.05) is 26.0 Å². The largest absolute Gasteiger partial charge is 0.352 e. The quantitative estimate of drug-likeness (QED) is 0.539. The van der Waals surface area contributed by atoms with Crippen LogP contribution in [0.15, 0.2) is 59.8 Å². The van der Waals surface area contributed by atoms with E-state index in [9.17, 15) is 9.59 Å². The van der Waals surface area contributed by atoms with Crippen LogP contribution in [0.4, 0.5) is 0 Å². The Bertz CT molecular complexity index is 562. The van der Waals surface area contributed by atoms with E-state index >= 15 is 0 Å². The summed E-state index contributed by atoms with van der Waals surface area (Å²) in [6.45, 7) is 8.20. The molecule has 3 nitrogen and oxygen atoms in total. The van der Waals surface area contributed by atoms with Crippen LogP contribution in [0.3, 0.4) is 0 Å². The molecule has 0 aromatic carbocycles. The zero-order valence-corrected chi connectivity index (χ0v) is 14.2. The Morgan fingerprint density at radius 2 is 2.13 bits per heavy atom. The van der Waals surface area contributed by atoms with Crippen LogP contribution in [-0.4, -0.2) is 18.2 Å². The van der Waals surface area contributed by atoms with Crippen molar-refractivity contribution in [3.05, 3.63) is 59.8 Å². The molecule has 0 aromatic heterocycles. The van der Waals surface area contributed by atoms with Crippen molar-refractivity contribution < 1.29 is 9.59 Å². The Morgan fingerprint density at radius 1 is 1.35 bits per heavy atom. The Morgan fingerprint density at radius 3 is 2.83 bits per heavy atom. The number of amides is 1. The fourth-order valence-corrected chi connectivity index (χ4v) is 2.25. The van der Waals surface area contributed by atoms with Crippen LogP contribution in [0.25, 0.3) is 0 Å². The summed E-state index contributed by atoms with van der Waals surface area (Å²) in [6, 6.07) is 0. The van der Waals surface area contributed by atoms with Crippen molar-refractivity contribution in [3.8, 4) is 0 Å². The summed E-state index contributed by atoms with van der Waals surface area (Å²) in [6.07, 6.45) is 15.7. The summed E-state index contributed by atoms with van der Waals surface area (Å²) in [7, 11) is 0. The van der Waals surface area contributed by atoms with Gasteiger partial charge in [0, 0.05) is 24.1 Å². The van der Waals surface area contributed by atoms with Crippen molar-refractivity contribution in [2.45, 2.75) is 46.0 Å². The van der Waals surface area contributed by atoms with Crippen molar-refractivity contribution in [2.75, 3.05) is 6.54 Å². The van der Waals surface area contributed by atoms with E-state index < -0.39 is 0 Å². The summed E-state index contributed by atoms with van der Waals surface area (Å²) in [5, 5.41) is 2.76. The lowest BCUT2D eigenvalue weighted by Gasteiger charge is -2.06. The zero-order valence-electron chi connectivity index (χ0n) is 14.2. The summed E-state index contributed by atoms with van der Waals surface area (Å²) in [4.78, 5) is 24.1. The van der Waals surface area contributed by atoms with Gasteiger partial charge in [0.2, 0.25) is 0 Å². The molecule has 0 bridgehead atoms. The molecule has 1 rings (SSSR count). The minimum absolute atomic E-state index is 0.0760. The Labute approximate surface area is 139 Å². The molecule has 0 heterocycles. The summed E-state index contributed by atoms with van der Waals surface area (Å²) in [5.41, 5.74) is 2.14. The molecule has 3 heteroatoms. The second-order valence-electron chi connectivity index (χ2n) is 5.60. The number of Topliss-reactive ketones (excluding diaryl/α,β-unsaturated/α-hetero) is 1. The first-order valence-corrected chi connectivity index (χ1v) is 8.27. The molecular weight excluding hydrogens is 286 g/mol. The molecule has 0 saturated carbocycles. The van der Waals surface area contributed by atoms with E-state index in [4.69, 9.17) is 0 Å². The van der Waals surface area contributed by atoms with Gasteiger partial charge in [0.25, 0.3) is 5.91 Å². The predicted molar refractivity (Wildman–Crippen MR) is 96.0 cm³/mol. The lowest BCUT2D eigenvalue weighted by molar-refractivity contribution is -0.117. The molecule has 0 spiro atoms. The summed E-state index contributed by atoms with van der Waals surface area (Å²) < 4.78 is 0. The van der Waals surface area contributed by atoms with Gasteiger partial charge in [0.15, 0.2) is 5.78 Å². The maximum atomic E-state index is 12.4. The van der Waals surface area contributed by atoms with Gasteiger partial charge >= 0.3 is 0 Å². The molecular formula is C20H27NO2. The van der Waals surface area contributed by atoms with E-state index in [1.54, 1.807) is 18.2 Å². The number of carbonyl (C=O) groups is 2. The van der Waals surface area contributed by atoms with Crippen LogP contribution in [0.1, 0.15) is 46.0 Å². The fourth-order valence-electron chi connectivity index (χ4n) is 2.25. The number of hydrogen-bond donors (Lipinski definition) is 1. The van der Waals surface area contributed by atoms with Crippen molar-refractivity contribution >= 4 is 11.7 Å². The first-order valence-electron chi connectivity index (χ1n) is 8.27. The van der Waals surface area contributed by atoms with E-state index in [-0.39, 0.29) is 11.7 Å². The molecule has 0 fully saturated rings. The third kappa shape index (κ3) is 7.09. The lowest BCUT2D eigenvalue weighted by atomic mass is 9.99. The Hall–Kier alpha value is -2.16. The molecule has 124 valence electrons. The number of rotatable bonds is 8. The molecule has 1 N–H and O–H groups in total. The molecule has 0 radical (unpaired) electrons. The monoisotopic (exact) mass is 313 g/mol. The normalized spacial score (nSPS) is 15.2. The van der Waals surface area contributed by atoms with Gasteiger partial charge in [0.1, 0.15) is 0 Å². The van der Waals surface area contributed by atoms with Gasteiger partial charge in [-0.25, -0.2) is 0 Å². The van der Waals surface area contributed by atoms with Crippen LogP contribution in [0, 0.1) is 0 Å². The van der Waals surface area contributed by atoms with E-state index in [0.29, 0.717) is 24.1 Å². The molecule has 1 aliphatic carbocycles. The third-order valence-electron chi connectivity index (χ3n) is 3.65. The highest BCUT2D eigenvalue weighted by Gasteiger charge is 2.10. The Kier molecular flexibility index (Phi) is 8.66. The van der Waals surface area contributed by atoms with E-state index in [0.717, 1.165) is 31.3 Å². The molecule has 1 amide bonds. The van der Waals surface area contributed by atoms with Gasteiger partial charge < -0.3 is 5.32 Å². The summed E-state index contributed by atoms with van der Waals surface area (Å²) in [5.74, 6) is -0.116. The van der Waals surface area contributed by atoms with E-state index in [1.165, 1.54) is 0 Å². The molecule has 0 atom stereocenters. The smallest absolute Gasteiger partial charge is 0.250 e. The van der Waals surface area contributed by atoms with Crippen LogP contribution in [-0.2, 0) is 9.59 Å². The SMILES string of the molecule is C=C(/C=C\C(=C/C)C(=O)CC1=CC=CCCC1)C(=O)NCCC. The number of hydrogen-bond acceptors (Lipinski definition) is 2. The molecule has 23 heavy (non-hydrogen) atoms. The number of carbonyl (C=O) groups excluding carboxylic acids is 2. The fraction of sp³-hybridized carbons (Fsp3) is 0.400. The second-order valence-corrected chi connectivity index (χ2v) is 5.60. The number of ketones is 1. The van der Waals surface area contributed by atoms with Gasteiger partial charge in [-0.05, 0) is 38.7 Å². The molecule has 0 aromatic rings. The van der Waals surface area contributed by atoms with Crippen LogP contribution in [0.5, 0.6) is 0 Å². The highest BCUT2D eigenvalue weighted by atomic mass is 16.1. The standard InChI is InChI=1S/C20H27NO2/c1-4-14-21-20(23)16(3)12-13-18(5-2)19(22)15-17-10-8-6-7-9-11-17/h5-6,8,10,12-13H,3-4,7,9,11,14-15H2,1-2H3,(H,21,23)/b13-12-,18-5+. The number of nitrogens with one attached hydrogen (secondary N) is 1. The van der Waals surface area contributed by atoms with Crippen molar-refractivity contribution in [1.82, 2.24) is 5.32 Å².